The first-order valence-electron chi connectivity index (χ1n) is 13.6. The molecule has 1 aliphatic carbocycles. The average molecular weight is 528 g/mol. The van der Waals surface area contributed by atoms with E-state index < -0.39 is 23.3 Å². The van der Waals surface area contributed by atoms with Crippen LogP contribution < -0.4 is 20.5 Å². The van der Waals surface area contributed by atoms with E-state index in [1.807, 2.05) is 9.47 Å². The van der Waals surface area contributed by atoms with Crippen LogP contribution in [0.3, 0.4) is 0 Å². The molecule has 1 saturated carbocycles. The first-order chi connectivity index (χ1) is 18.2. The Labute approximate surface area is 222 Å². The van der Waals surface area contributed by atoms with Crippen molar-refractivity contribution in [2.75, 3.05) is 38.2 Å². The number of hydrazine groups is 1. The minimum Gasteiger partial charge on any atom is -0.492 e. The molecule has 2 aromatic rings. The van der Waals surface area contributed by atoms with Crippen molar-refractivity contribution >= 4 is 35.0 Å². The van der Waals surface area contributed by atoms with E-state index in [1.54, 1.807) is 20.8 Å². The van der Waals surface area contributed by atoms with Crippen molar-refractivity contribution in [2.45, 2.75) is 71.6 Å². The maximum Gasteiger partial charge on any atom is 0.344 e. The molecule has 3 aliphatic rings. The Bertz CT molecular complexity index is 1330. The van der Waals surface area contributed by atoms with Crippen LogP contribution in [0.5, 0.6) is 5.75 Å². The molecule has 9 nitrogen and oxygen atoms in total. The Morgan fingerprint density at radius 3 is 2.61 bits per heavy atom. The molecule has 2 saturated heterocycles. The van der Waals surface area contributed by atoms with Gasteiger partial charge in [-0.1, -0.05) is 6.92 Å². The summed E-state index contributed by atoms with van der Waals surface area (Å²) in [5.41, 5.74) is 3.88. The number of piperidine rings is 1. The molecule has 1 aromatic carbocycles. The van der Waals surface area contributed by atoms with Crippen molar-refractivity contribution < 1.29 is 18.7 Å². The van der Waals surface area contributed by atoms with Gasteiger partial charge in [0, 0.05) is 44.0 Å². The quantitative estimate of drug-likeness (QED) is 0.408. The lowest BCUT2D eigenvalue weighted by molar-refractivity contribution is 0.0374. The summed E-state index contributed by atoms with van der Waals surface area (Å²) in [5.74, 6) is -0.688. The summed E-state index contributed by atoms with van der Waals surface area (Å²) in [6, 6.07) is 0.308. The fourth-order valence-corrected chi connectivity index (χ4v) is 6.37. The van der Waals surface area contributed by atoms with Gasteiger partial charge in [-0.2, -0.15) is 0 Å². The lowest BCUT2D eigenvalue weighted by Gasteiger charge is -2.36. The largest absolute Gasteiger partial charge is 0.492 e. The van der Waals surface area contributed by atoms with Gasteiger partial charge in [0.25, 0.3) is 0 Å². The summed E-state index contributed by atoms with van der Waals surface area (Å²) in [7, 11) is 1.50. The number of hydrogen-bond acceptors (Lipinski definition) is 8. The van der Waals surface area contributed by atoms with Crippen LogP contribution in [0.25, 0.3) is 10.9 Å². The highest BCUT2D eigenvalue weighted by Gasteiger charge is 2.42. The summed E-state index contributed by atoms with van der Waals surface area (Å²) in [6.45, 7) is 14.0. The number of pyridine rings is 1. The summed E-state index contributed by atoms with van der Waals surface area (Å²) in [6.07, 6.45) is 3.51. The number of carbonyl (C=O) groups is 1. The van der Waals surface area contributed by atoms with Gasteiger partial charge in [-0.3, -0.25) is 15.2 Å². The molecule has 3 heterocycles. The highest BCUT2D eigenvalue weighted by atomic mass is 19.1. The first-order valence-corrected chi connectivity index (χ1v) is 13.6. The van der Waals surface area contributed by atoms with Gasteiger partial charge < -0.3 is 18.9 Å². The second-order valence-electron chi connectivity index (χ2n) is 10.9. The third kappa shape index (κ3) is 4.27. The Morgan fingerprint density at radius 2 is 2.00 bits per heavy atom. The minimum atomic E-state index is -0.718. The van der Waals surface area contributed by atoms with Crippen LogP contribution in [0.4, 0.5) is 15.8 Å². The van der Waals surface area contributed by atoms with Gasteiger partial charge in [-0.05, 0) is 59.1 Å². The molecule has 1 N–H and O–H groups in total. The molecule has 2 unspecified atom stereocenters. The van der Waals surface area contributed by atoms with Crippen molar-refractivity contribution in [3.8, 4) is 5.75 Å². The van der Waals surface area contributed by atoms with Crippen LogP contribution in [-0.2, 0) is 4.74 Å². The lowest BCUT2D eigenvalue weighted by atomic mass is 9.93. The lowest BCUT2D eigenvalue weighted by Crippen LogP contribution is -2.52. The second-order valence-corrected chi connectivity index (χ2v) is 10.9. The third-order valence-corrected chi connectivity index (χ3v) is 8.02. The highest BCUT2D eigenvalue weighted by molar-refractivity contribution is 6.04. The molecule has 0 amide bonds. The SMILES string of the molecule is C=Nc1c(F)c(N2CC3CCCN(NCC)C3C2)c(OC)c2c1c(=O)c(C(=O)OC(C)C)c(C)n2C1CC1. The summed E-state index contributed by atoms with van der Waals surface area (Å²) >= 11 is 0. The van der Waals surface area contributed by atoms with E-state index >= 15 is 4.39 Å². The number of nitrogens with zero attached hydrogens (tertiary/aromatic N) is 4. The molecule has 10 heteroatoms. The molecular weight excluding hydrogens is 489 g/mol. The predicted octanol–water partition coefficient (Wildman–Crippen LogP) is 4.11. The molecule has 3 fully saturated rings. The van der Waals surface area contributed by atoms with Gasteiger partial charge in [0.05, 0.1) is 24.1 Å². The summed E-state index contributed by atoms with van der Waals surface area (Å²) < 4.78 is 29.7. The smallest absolute Gasteiger partial charge is 0.344 e. The number of carbonyl (C=O) groups excluding carboxylic acids is 1. The van der Waals surface area contributed by atoms with Crippen LogP contribution in [0.2, 0.25) is 0 Å². The van der Waals surface area contributed by atoms with Crippen LogP contribution in [0.15, 0.2) is 9.79 Å². The van der Waals surface area contributed by atoms with E-state index in [0.717, 1.165) is 38.8 Å². The number of esters is 1. The maximum absolute atomic E-state index is 16.4. The van der Waals surface area contributed by atoms with Crippen LogP contribution in [0.1, 0.15) is 68.5 Å². The number of aliphatic imine (C=N–C) groups is 1. The first kappa shape index (κ1) is 26.6. The molecular formula is C28H38FN5O4. The topological polar surface area (TPSA) is 88.4 Å². The van der Waals surface area contributed by atoms with E-state index in [2.05, 4.69) is 29.1 Å². The summed E-state index contributed by atoms with van der Waals surface area (Å²) in [5, 5.41) is 2.29. The number of methoxy groups -OCH3 is 1. The number of rotatable bonds is 8. The molecule has 206 valence electrons. The monoisotopic (exact) mass is 527 g/mol. The van der Waals surface area contributed by atoms with Gasteiger partial charge >= 0.3 is 5.97 Å². The van der Waals surface area contributed by atoms with Crippen LogP contribution in [0, 0.1) is 18.7 Å². The van der Waals surface area contributed by atoms with Gasteiger partial charge in [0.2, 0.25) is 5.43 Å². The number of benzene rings is 1. The molecule has 0 spiro atoms. The molecule has 0 bridgehead atoms. The molecule has 38 heavy (non-hydrogen) atoms. The van der Waals surface area contributed by atoms with E-state index in [1.165, 1.54) is 7.11 Å². The van der Waals surface area contributed by atoms with E-state index in [9.17, 15) is 9.59 Å². The third-order valence-electron chi connectivity index (χ3n) is 8.02. The maximum atomic E-state index is 16.4. The number of halogens is 1. The number of fused-ring (bicyclic) bond motifs is 2. The van der Waals surface area contributed by atoms with Gasteiger partial charge in [0.1, 0.15) is 16.9 Å². The van der Waals surface area contributed by atoms with E-state index in [0.29, 0.717) is 41.7 Å². The van der Waals surface area contributed by atoms with Crippen LogP contribution in [-0.4, -0.2) is 67.7 Å². The van der Waals surface area contributed by atoms with Gasteiger partial charge in [-0.25, -0.2) is 14.2 Å². The Morgan fingerprint density at radius 1 is 1.26 bits per heavy atom. The Hall–Kier alpha value is -2.98. The van der Waals surface area contributed by atoms with Gasteiger partial charge in [0.15, 0.2) is 11.6 Å². The summed E-state index contributed by atoms with van der Waals surface area (Å²) in [4.78, 5) is 33.0. The zero-order valence-corrected chi connectivity index (χ0v) is 23.0. The van der Waals surface area contributed by atoms with E-state index in [-0.39, 0.29) is 28.7 Å². The molecule has 5 rings (SSSR count). The molecule has 0 radical (unpaired) electrons. The van der Waals surface area contributed by atoms with Gasteiger partial charge in [-0.15, -0.1) is 0 Å². The standard InChI is InChI=1S/C28H38FN5O4/c1-7-31-33-12-8-9-17-13-32(14-19(17)33)25-22(29)23(30-5)21-24(27(25)37-6)34(18-10-11-18)16(4)20(26(21)35)28(36)38-15(2)3/h15,17-19,31H,5,7-14H2,1-4,6H3. The van der Waals surface area contributed by atoms with E-state index in [4.69, 9.17) is 9.47 Å². The van der Waals surface area contributed by atoms with Crippen molar-refractivity contribution in [3.05, 3.63) is 27.3 Å². The van der Waals surface area contributed by atoms with Crippen LogP contribution >= 0.6 is 0 Å². The van der Waals surface area contributed by atoms with Crippen molar-refractivity contribution in [2.24, 2.45) is 10.9 Å². The highest BCUT2D eigenvalue weighted by Crippen LogP contribution is 2.49. The Kier molecular flexibility index (Phi) is 7.21. The number of nitrogens with one attached hydrogen (secondary N) is 1. The second kappa shape index (κ2) is 10.3. The zero-order chi connectivity index (χ0) is 27.3. The number of ether oxygens (including phenoxy) is 2. The fraction of sp³-hybridized carbons (Fsp3) is 0.607. The number of anilines is 1. The molecule has 2 atom stereocenters. The molecule has 1 aromatic heterocycles. The predicted molar refractivity (Wildman–Crippen MR) is 147 cm³/mol. The number of hydrogen-bond donors (Lipinski definition) is 1. The number of aromatic nitrogens is 1. The average Bonchev–Trinajstić information content (AvgIpc) is 3.61. The van der Waals surface area contributed by atoms with Crippen molar-refractivity contribution in [3.63, 3.8) is 0 Å². The minimum absolute atomic E-state index is 0.0113. The van der Waals surface area contributed by atoms with Crippen molar-refractivity contribution in [1.82, 2.24) is 15.0 Å². The Balaban J connectivity index is 1.76. The zero-order valence-electron chi connectivity index (χ0n) is 23.0. The van der Waals surface area contributed by atoms with Crippen molar-refractivity contribution in [1.29, 1.82) is 0 Å². The fourth-order valence-electron chi connectivity index (χ4n) is 6.37. The molecule has 2 aliphatic heterocycles. The normalized spacial score (nSPS) is 21.7.